The number of ether oxygens (including phenoxy) is 1. The van der Waals surface area contributed by atoms with E-state index in [0.29, 0.717) is 6.54 Å². The van der Waals surface area contributed by atoms with Crippen molar-refractivity contribution in [2.24, 2.45) is 5.92 Å². The molecule has 0 radical (unpaired) electrons. The topological polar surface area (TPSA) is 41.6 Å². The van der Waals surface area contributed by atoms with Crippen molar-refractivity contribution >= 4 is 5.91 Å². The van der Waals surface area contributed by atoms with Crippen molar-refractivity contribution in [1.29, 1.82) is 0 Å². The van der Waals surface area contributed by atoms with Crippen LogP contribution in [-0.4, -0.2) is 48.2 Å². The van der Waals surface area contributed by atoms with Gasteiger partial charge in [-0.3, -0.25) is 9.69 Å². The maximum absolute atomic E-state index is 12.3. The summed E-state index contributed by atoms with van der Waals surface area (Å²) in [6.45, 7) is 11.2. The summed E-state index contributed by atoms with van der Waals surface area (Å²) in [5.74, 6) is 0.370. The first kappa shape index (κ1) is 16.5. The predicted octanol–water partition coefficient (Wildman–Crippen LogP) is 2.35. The zero-order chi connectivity index (χ0) is 15.5. The molecule has 1 saturated heterocycles. The number of nitrogens with zero attached hydrogens (tertiary/aromatic N) is 1. The van der Waals surface area contributed by atoms with E-state index in [4.69, 9.17) is 4.74 Å². The number of hydrogen-bond donors (Lipinski definition) is 1. The monoisotopic (exact) mass is 294 g/mol. The molecule has 1 fully saturated rings. The van der Waals surface area contributed by atoms with E-state index in [2.05, 4.69) is 50.1 Å². The van der Waals surface area contributed by atoms with Crippen molar-refractivity contribution in [2.45, 2.75) is 64.7 Å². The van der Waals surface area contributed by atoms with Crippen molar-refractivity contribution in [3.8, 4) is 0 Å². The fourth-order valence-electron chi connectivity index (χ4n) is 3.26. The van der Waals surface area contributed by atoms with Crippen LogP contribution >= 0.6 is 0 Å². The van der Waals surface area contributed by atoms with Crippen molar-refractivity contribution in [1.82, 2.24) is 10.2 Å². The summed E-state index contributed by atoms with van der Waals surface area (Å²) in [4.78, 5) is 14.7. The van der Waals surface area contributed by atoms with Crippen molar-refractivity contribution in [2.75, 3.05) is 19.6 Å². The Labute approximate surface area is 128 Å². The summed E-state index contributed by atoms with van der Waals surface area (Å²) >= 11 is 0. The molecule has 2 rings (SSSR count). The third-order valence-electron chi connectivity index (χ3n) is 4.61. The van der Waals surface area contributed by atoms with Crippen LogP contribution < -0.4 is 5.32 Å². The van der Waals surface area contributed by atoms with Gasteiger partial charge in [0, 0.05) is 31.1 Å². The lowest BCUT2D eigenvalue weighted by molar-refractivity contribution is -0.126. The van der Waals surface area contributed by atoms with Crippen molar-refractivity contribution in [3.63, 3.8) is 0 Å². The SMILES string of the molecule is C[C@@H]1CN(C(C)(C)CNC(=O)[C@H]2CC=CCC2)C[C@@H](C)O1. The number of rotatable bonds is 4. The average Bonchev–Trinajstić information content (AvgIpc) is 2.45. The number of nitrogens with one attached hydrogen (secondary N) is 1. The van der Waals surface area contributed by atoms with Gasteiger partial charge in [0.1, 0.15) is 0 Å². The van der Waals surface area contributed by atoms with Crippen LogP contribution in [0.4, 0.5) is 0 Å². The molecule has 1 heterocycles. The van der Waals surface area contributed by atoms with E-state index in [1.807, 2.05) is 0 Å². The Bertz CT molecular complexity index is 382. The van der Waals surface area contributed by atoms with Gasteiger partial charge >= 0.3 is 0 Å². The van der Waals surface area contributed by atoms with Gasteiger partial charge in [-0.15, -0.1) is 0 Å². The van der Waals surface area contributed by atoms with Gasteiger partial charge in [-0.2, -0.15) is 0 Å². The smallest absolute Gasteiger partial charge is 0.223 e. The van der Waals surface area contributed by atoms with E-state index in [-0.39, 0.29) is 29.6 Å². The Morgan fingerprint density at radius 3 is 2.52 bits per heavy atom. The zero-order valence-corrected chi connectivity index (χ0v) is 13.9. The number of hydrogen-bond acceptors (Lipinski definition) is 3. The predicted molar refractivity (Wildman–Crippen MR) is 85.2 cm³/mol. The van der Waals surface area contributed by atoms with E-state index < -0.39 is 0 Å². The fourth-order valence-corrected chi connectivity index (χ4v) is 3.26. The van der Waals surface area contributed by atoms with Gasteiger partial charge in [0.2, 0.25) is 5.91 Å². The van der Waals surface area contributed by atoms with Gasteiger partial charge in [-0.25, -0.2) is 0 Å². The highest BCUT2D eigenvalue weighted by atomic mass is 16.5. The standard InChI is InChI=1S/C17H30N2O2/c1-13-10-19(11-14(2)21-13)17(3,4)12-18-16(20)15-8-6-5-7-9-15/h5-6,13-15H,7-12H2,1-4H3,(H,18,20)/t13-,14-,15+/m1/s1. The third-order valence-corrected chi connectivity index (χ3v) is 4.61. The van der Waals surface area contributed by atoms with Gasteiger partial charge in [-0.1, -0.05) is 12.2 Å². The number of amides is 1. The van der Waals surface area contributed by atoms with Crippen LogP contribution in [0.5, 0.6) is 0 Å². The van der Waals surface area contributed by atoms with Crippen LogP contribution in [0.15, 0.2) is 12.2 Å². The normalized spacial score (nSPS) is 31.1. The largest absolute Gasteiger partial charge is 0.373 e. The highest BCUT2D eigenvalue weighted by Crippen LogP contribution is 2.22. The summed E-state index contributed by atoms with van der Waals surface area (Å²) in [6, 6.07) is 0. The van der Waals surface area contributed by atoms with Crippen molar-refractivity contribution < 1.29 is 9.53 Å². The zero-order valence-electron chi connectivity index (χ0n) is 13.9. The second kappa shape index (κ2) is 6.93. The minimum absolute atomic E-state index is 0.0353. The molecule has 0 saturated carbocycles. The summed E-state index contributed by atoms with van der Waals surface area (Å²) in [5.41, 5.74) is -0.0353. The van der Waals surface area contributed by atoms with E-state index >= 15 is 0 Å². The van der Waals surface area contributed by atoms with Crippen LogP contribution in [-0.2, 0) is 9.53 Å². The first-order valence-electron chi connectivity index (χ1n) is 8.21. The lowest BCUT2D eigenvalue weighted by atomic mass is 9.93. The van der Waals surface area contributed by atoms with Gasteiger partial charge in [0.25, 0.3) is 0 Å². The highest BCUT2D eigenvalue weighted by molar-refractivity contribution is 5.79. The number of allylic oxidation sites excluding steroid dienone is 2. The Hall–Kier alpha value is -0.870. The maximum Gasteiger partial charge on any atom is 0.223 e. The summed E-state index contributed by atoms with van der Waals surface area (Å²) in [6.07, 6.45) is 7.71. The third kappa shape index (κ3) is 4.55. The minimum atomic E-state index is -0.0353. The van der Waals surface area contributed by atoms with Crippen molar-refractivity contribution in [3.05, 3.63) is 12.2 Å². The summed E-state index contributed by atoms with van der Waals surface area (Å²) < 4.78 is 5.80. The molecular weight excluding hydrogens is 264 g/mol. The van der Waals surface area contributed by atoms with Crippen LogP contribution in [0.2, 0.25) is 0 Å². The van der Waals surface area contributed by atoms with E-state index in [1.165, 1.54) is 0 Å². The molecule has 1 aliphatic heterocycles. The molecule has 0 aromatic heterocycles. The molecule has 0 unspecified atom stereocenters. The Balaban J connectivity index is 1.85. The molecule has 0 bridgehead atoms. The van der Waals surface area contributed by atoms with Crippen LogP contribution in [0.1, 0.15) is 47.0 Å². The quantitative estimate of drug-likeness (QED) is 0.809. The lowest BCUT2D eigenvalue weighted by Crippen LogP contribution is -2.59. The average molecular weight is 294 g/mol. The Morgan fingerprint density at radius 2 is 1.95 bits per heavy atom. The molecule has 2 aliphatic rings. The number of carbonyl (C=O) groups is 1. The molecule has 21 heavy (non-hydrogen) atoms. The fraction of sp³-hybridized carbons (Fsp3) is 0.824. The first-order chi connectivity index (χ1) is 9.88. The molecule has 0 aromatic rings. The summed E-state index contributed by atoms with van der Waals surface area (Å²) in [7, 11) is 0. The summed E-state index contributed by atoms with van der Waals surface area (Å²) in [5, 5.41) is 3.16. The molecule has 3 atom stereocenters. The maximum atomic E-state index is 12.3. The van der Waals surface area contributed by atoms with Crippen LogP contribution in [0.3, 0.4) is 0 Å². The molecule has 4 heteroatoms. The highest BCUT2D eigenvalue weighted by Gasteiger charge is 2.33. The minimum Gasteiger partial charge on any atom is -0.373 e. The molecule has 1 N–H and O–H groups in total. The van der Waals surface area contributed by atoms with E-state index in [0.717, 1.165) is 32.4 Å². The number of carbonyl (C=O) groups excluding carboxylic acids is 1. The molecule has 120 valence electrons. The Morgan fingerprint density at radius 1 is 1.29 bits per heavy atom. The molecule has 1 amide bonds. The molecule has 0 aromatic carbocycles. The Kier molecular flexibility index (Phi) is 5.44. The number of morpholine rings is 1. The van der Waals surface area contributed by atoms with E-state index in [1.54, 1.807) is 0 Å². The molecule has 4 nitrogen and oxygen atoms in total. The van der Waals surface area contributed by atoms with Gasteiger partial charge in [0.05, 0.1) is 12.2 Å². The van der Waals surface area contributed by atoms with Gasteiger partial charge in [0.15, 0.2) is 0 Å². The van der Waals surface area contributed by atoms with Gasteiger partial charge < -0.3 is 10.1 Å². The molecular formula is C17H30N2O2. The van der Waals surface area contributed by atoms with Crippen LogP contribution in [0, 0.1) is 5.92 Å². The molecule has 0 spiro atoms. The lowest BCUT2D eigenvalue weighted by Gasteiger charge is -2.45. The van der Waals surface area contributed by atoms with Crippen LogP contribution in [0.25, 0.3) is 0 Å². The van der Waals surface area contributed by atoms with E-state index in [9.17, 15) is 4.79 Å². The first-order valence-corrected chi connectivity index (χ1v) is 8.21. The molecule has 1 aliphatic carbocycles. The van der Waals surface area contributed by atoms with Gasteiger partial charge in [-0.05, 0) is 47.0 Å². The second-order valence-corrected chi connectivity index (χ2v) is 7.17. The second-order valence-electron chi connectivity index (χ2n) is 7.17.